The Morgan fingerprint density at radius 2 is 1.18 bits per heavy atom. The Balaban J connectivity index is 1.95. The van der Waals surface area contributed by atoms with Gasteiger partial charge in [0.05, 0.1) is 28.9 Å². The van der Waals surface area contributed by atoms with Gasteiger partial charge in [-0.1, -0.05) is 18.2 Å². The standard InChI is InChI=1S/C24H40B2N2O6/c1-20(2,3)30-19(29)28(27)15-16-12-17(25-31-21(4,5)22(6,7)32-25)14-18(13-16)26-33-23(8,9)24(10,11)34-26/h12-14H,15,27H2,1-11H3. The molecule has 2 N–H and O–H groups in total. The van der Waals surface area contributed by atoms with Gasteiger partial charge in [0.1, 0.15) is 5.60 Å². The number of hydrogen-bond acceptors (Lipinski definition) is 7. The zero-order chi connectivity index (χ0) is 25.9. The van der Waals surface area contributed by atoms with E-state index in [9.17, 15) is 4.79 Å². The van der Waals surface area contributed by atoms with Gasteiger partial charge in [-0.25, -0.2) is 15.6 Å². The number of amides is 1. The second-order valence-corrected chi connectivity index (χ2v) is 12.3. The summed E-state index contributed by atoms with van der Waals surface area (Å²) < 4.78 is 30.5. The van der Waals surface area contributed by atoms with Crippen LogP contribution in [0.15, 0.2) is 18.2 Å². The summed E-state index contributed by atoms with van der Waals surface area (Å²) in [5.41, 5.74) is -0.221. The van der Waals surface area contributed by atoms with Crippen LogP contribution in [0.3, 0.4) is 0 Å². The molecule has 2 saturated heterocycles. The molecule has 0 spiro atoms. The first-order valence-electron chi connectivity index (χ1n) is 11.8. The van der Waals surface area contributed by atoms with Gasteiger partial charge < -0.3 is 23.4 Å². The smallest absolute Gasteiger partial charge is 0.443 e. The van der Waals surface area contributed by atoms with Crippen molar-refractivity contribution in [3.05, 3.63) is 23.8 Å². The molecular formula is C24H40B2N2O6. The van der Waals surface area contributed by atoms with Gasteiger partial charge in [0, 0.05) is 0 Å². The SMILES string of the molecule is CC(C)(C)OC(=O)N(N)Cc1cc(B2OC(C)(C)C(C)(C)O2)cc(B2OC(C)(C)C(C)(C)O2)c1. The maximum Gasteiger partial charge on any atom is 0.494 e. The first-order chi connectivity index (χ1) is 15.2. The number of carbonyl (C=O) groups is 1. The van der Waals surface area contributed by atoms with E-state index >= 15 is 0 Å². The zero-order valence-electron chi connectivity index (χ0n) is 22.6. The van der Waals surface area contributed by atoms with Crippen molar-refractivity contribution in [2.75, 3.05) is 0 Å². The van der Waals surface area contributed by atoms with Gasteiger partial charge in [-0.3, -0.25) is 0 Å². The summed E-state index contributed by atoms with van der Waals surface area (Å²) in [6.45, 7) is 21.6. The van der Waals surface area contributed by atoms with Crippen LogP contribution in [0.1, 0.15) is 81.7 Å². The molecule has 2 heterocycles. The number of benzene rings is 1. The topological polar surface area (TPSA) is 92.5 Å². The fourth-order valence-electron chi connectivity index (χ4n) is 3.65. The van der Waals surface area contributed by atoms with E-state index in [-0.39, 0.29) is 6.54 Å². The Labute approximate surface area is 205 Å². The number of hydrazine groups is 1. The van der Waals surface area contributed by atoms with Crippen LogP contribution in [-0.4, -0.2) is 53.3 Å². The number of carbonyl (C=O) groups excluding carboxylic acids is 1. The highest BCUT2D eigenvalue weighted by atomic mass is 16.7. The molecule has 0 aromatic heterocycles. The van der Waals surface area contributed by atoms with Crippen LogP contribution in [-0.2, 0) is 29.9 Å². The third kappa shape index (κ3) is 5.46. The largest absolute Gasteiger partial charge is 0.494 e. The van der Waals surface area contributed by atoms with Crippen molar-refractivity contribution in [2.24, 2.45) is 5.84 Å². The quantitative estimate of drug-likeness (QED) is 0.311. The number of rotatable bonds is 4. The molecule has 0 saturated carbocycles. The van der Waals surface area contributed by atoms with E-state index < -0.39 is 48.3 Å². The van der Waals surface area contributed by atoms with Crippen LogP contribution >= 0.6 is 0 Å². The third-order valence-electron chi connectivity index (χ3n) is 7.07. The maximum absolute atomic E-state index is 12.5. The molecule has 0 unspecified atom stereocenters. The van der Waals surface area contributed by atoms with Crippen LogP contribution in [0.2, 0.25) is 0 Å². The summed E-state index contributed by atoms with van der Waals surface area (Å²) in [6, 6.07) is 5.84. The number of hydrogen-bond donors (Lipinski definition) is 1. The summed E-state index contributed by atoms with van der Waals surface area (Å²) in [7, 11) is -1.17. The molecule has 1 amide bonds. The lowest BCUT2D eigenvalue weighted by Gasteiger charge is -2.32. The van der Waals surface area contributed by atoms with Crippen LogP contribution in [0, 0.1) is 0 Å². The fraction of sp³-hybridized carbons (Fsp3) is 0.708. The molecule has 10 heteroatoms. The fourth-order valence-corrected chi connectivity index (χ4v) is 3.65. The van der Waals surface area contributed by atoms with E-state index in [2.05, 4.69) is 0 Å². The van der Waals surface area contributed by atoms with E-state index in [1.165, 1.54) is 0 Å². The molecule has 0 bridgehead atoms. The van der Waals surface area contributed by atoms with Gasteiger partial charge in [0.2, 0.25) is 0 Å². The molecule has 2 fully saturated rings. The Bertz CT molecular complexity index is 856. The molecular weight excluding hydrogens is 434 g/mol. The number of ether oxygens (including phenoxy) is 1. The normalized spacial score (nSPS) is 22.7. The summed E-state index contributed by atoms with van der Waals surface area (Å²) >= 11 is 0. The Hall–Kier alpha value is -1.58. The molecule has 0 radical (unpaired) electrons. The Morgan fingerprint density at radius 1 is 0.824 bits per heavy atom. The highest BCUT2D eigenvalue weighted by Gasteiger charge is 2.54. The second kappa shape index (κ2) is 8.52. The monoisotopic (exact) mass is 474 g/mol. The van der Waals surface area contributed by atoms with Crippen molar-refractivity contribution in [1.82, 2.24) is 5.01 Å². The predicted octanol–water partition coefficient (Wildman–Crippen LogP) is 2.90. The van der Waals surface area contributed by atoms with Crippen molar-refractivity contribution in [2.45, 2.75) is 111 Å². The van der Waals surface area contributed by atoms with Crippen molar-refractivity contribution >= 4 is 31.3 Å². The lowest BCUT2D eigenvalue weighted by atomic mass is 9.71. The minimum Gasteiger partial charge on any atom is -0.443 e. The molecule has 8 nitrogen and oxygen atoms in total. The van der Waals surface area contributed by atoms with Crippen molar-refractivity contribution < 1.29 is 28.1 Å². The number of nitrogens with two attached hydrogens (primary N) is 1. The van der Waals surface area contributed by atoms with Crippen molar-refractivity contribution in [3.8, 4) is 0 Å². The van der Waals surface area contributed by atoms with Crippen LogP contribution < -0.4 is 16.8 Å². The zero-order valence-corrected chi connectivity index (χ0v) is 22.6. The van der Waals surface area contributed by atoms with Crippen molar-refractivity contribution in [3.63, 3.8) is 0 Å². The van der Waals surface area contributed by atoms with Gasteiger partial charge in [-0.2, -0.15) is 0 Å². The van der Waals surface area contributed by atoms with Crippen molar-refractivity contribution in [1.29, 1.82) is 0 Å². The summed E-state index contributed by atoms with van der Waals surface area (Å²) in [4.78, 5) is 12.5. The van der Waals surface area contributed by atoms with Gasteiger partial charge in [-0.15, -0.1) is 0 Å². The third-order valence-corrected chi connectivity index (χ3v) is 7.07. The van der Waals surface area contributed by atoms with Crippen LogP contribution in [0.4, 0.5) is 4.79 Å². The van der Waals surface area contributed by atoms with E-state index in [1.54, 1.807) is 20.8 Å². The molecule has 0 atom stereocenters. The molecule has 188 valence electrons. The second-order valence-electron chi connectivity index (χ2n) is 12.3. The Morgan fingerprint density at radius 3 is 1.50 bits per heavy atom. The molecule has 2 aliphatic rings. The average Bonchev–Trinajstić information content (AvgIpc) is 2.99. The minimum absolute atomic E-state index is 0.134. The van der Waals surface area contributed by atoms with Gasteiger partial charge >= 0.3 is 20.3 Å². The summed E-state index contributed by atoms with van der Waals surface area (Å²) in [5.74, 6) is 6.07. The van der Waals surface area contributed by atoms with Crippen LogP contribution in [0.5, 0.6) is 0 Å². The van der Waals surface area contributed by atoms with Gasteiger partial charge in [0.15, 0.2) is 0 Å². The molecule has 0 aliphatic carbocycles. The summed E-state index contributed by atoms with van der Waals surface area (Å²) in [6.07, 6.45) is -0.606. The highest BCUT2D eigenvalue weighted by Crippen LogP contribution is 2.38. The van der Waals surface area contributed by atoms with E-state index in [0.717, 1.165) is 21.5 Å². The highest BCUT2D eigenvalue weighted by molar-refractivity contribution is 6.66. The molecule has 3 rings (SSSR count). The Kier molecular flexibility index (Phi) is 6.77. The van der Waals surface area contributed by atoms with Gasteiger partial charge in [0.25, 0.3) is 0 Å². The molecule has 2 aliphatic heterocycles. The number of nitrogens with zero attached hydrogens (tertiary/aromatic N) is 1. The average molecular weight is 474 g/mol. The first kappa shape index (κ1) is 27.0. The minimum atomic E-state index is -0.646. The predicted molar refractivity (Wildman–Crippen MR) is 134 cm³/mol. The lowest BCUT2D eigenvalue weighted by Crippen LogP contribution is -2.44. The van der Waals surface area contributed by atoms with Crippen LogP contribution in [0.25, 0.3) is 0 Å². The maximum atomic E-state index is 12.5. The first-order valence-corrected chi connectivity index (χ1v) is 11.8. The van der Waals surface area contributed by atoms with E-state index in [0.29, 0.717) is 0 Å². The van der Waals surface area contributed by atoms with Gasteiger partial charge in [-0.05, 0) is 92.7 Å². The lowest BCUT2D eigenvalue weighted by molar-refractivity contribution is 0.00578. The molecule has 34 heavy (non-hydrogen) atoms. The molecule has 1 aromatic carbocycles. The summed E-state index contributed by atoms with van der Waals surface area (Å²) in [5, 5.41) is 1.06. The van der Waals surface area contributed by atoms with E-state index in [4.69, 9.17) is 29.2 Å². The molecule has 1 aromatic rings. The van der Waals surface area contributed by atoms with E-state index in [1.807, 2.05) is 73.6 Å².